The van der Waals surface area contributed by atoms with Gasteiger partial charge in [-0.3, -0.25) is 19.3 Å². The molecule has 2 aliphatic rings. The van der Waals surface area contributed by atoms with Gasteiger partial charge in [-0.25, -0.2) is 4.79 Å². The van der Waals surface area contributed by atoms with Crippen molar-refractivity contribution in [1.82, 2.24) is 15.5 Å². The maximum absolute atomic E-state index is 13.0. The quantitative estimate of drug-likeness (QED) is 0.524. The molecule has 1 saturated heterocycles. The number of anilines is 1. The fraction of sp³-hybridized carbons (Fsp3) is 0.385. The van der Waals surface area contributed by atoms with Crippen molar-refractivity contribution in [2.75, 3.05) is 11.9 Å². The molecule has 1 saturated carbocycles. The molecule has 0 unspecified atom stereocenters. The first-order chi connectivity index (χ1) is 16.4. The van der Waals surface area contributed by atoms with Gasteiger partial charge in [-0.05, 0) is 50.3 Å². The van der Waals surface area contributed by atoms with Crippen LogP contribution in [0.4, 0.5) is 10.5 Å². The summed E-state index contributed by atoms with van der Waals surface area (Å²) in [5.41, 5.74) is 0.690. The number of urea groups is 1. The second kappa shape index (κ2) is 10.1. The Hall–Kier alpha value is -3.68. The maximum Gasteiger partial charge on any atom is 0.325 e. The standard InChI is InChI=1S/C26H30N4O4/c1-26(16-15-18-9-3-2-4-10-18)24(33)30(25(34)29-26)17-22(31)28-21-14-8-7-13-20(21)23(32)27-19-11-5-6-12-19/h2-4,7-10,13-14,19H,5-6,11-12,15-17H2,1H3,(H,27,32)(H,28,31)(H,29,34)/t26-/m1/s1. The first-order valence-electron chi connectivity index (χ1n) is 11.7. The van der Waals surface area contributed by atoms with Gasteiger partial charge in [0.2, 0.25) is 5.91 Å². The van der Waals surface area contributed by atoms with Gasteiger partial charge in [0.25, 0.3) is 11.8 Å². The largest absolute Gasteiger partial charge is 0.349 e. The zero-order chi connectivity index (χ0) is 24.1. The van der Waals surface area contributed by atoms with Crippen LogP contribution in [0.3, 0.4) is 0 Å². The molecule has 0 aromatic heterocycles. The normalized spacial score (nSPS) is 20.3. The molecule has 8 heteroatoms. The third-order valence-corrected chi connectivity index (χ3v) is 6.54. The topological polar surface area (TPSA) is 108 Å². The summed E-state index contributed by atoms with van der Waals surface area (Å²) in [5.74, 6) is -1.22. The number of carbonyl (C=O) groups is 4. The van der Waals surface area contributed by atoms with Gasteiger partial charge in [-0.15, -0.1) is 0 Å². The summed E-state index contributed by atoms with van der Waals surface area (Å²) in [5, 5.41) is 8.44. The van der Waals surface area contributed by atoms with Crippen LogP contribution in [0.25, 0.3) is 0 Å². The highest BCUT2D eigenvalue weighted by Crippen LogP contribution is 2.24. The van der Waals surface area contributed by atoms with Crippen molar-refractivity contribution in [3.63, 3.8) is 0 Å². The molecule has 5 amide bonds. The SMILES string of the molecule is C[C@]1(CCc2ccccc2)NC(=O)N(CC(=O)Nc2ccccc2C(=O)NC2CCCC2)C1=O. The van der Waals surface area contributed by atoms with Crippen LogP contribution in [0, 0.1) is 0 Å². The van der Waals surface area contributed by atoms with E-state index < -0.39 is 29.9 Å². The van der Waals surface area contributed by atoms with Gasteiger partial charge in [0.05, 0.1) is 11.3 Å². The number of aryl methyl sites for hydroxylation is 1. The van der Waals surface area contributed by atoms with E-state index in [0.29, 0.717) is 24.1 Å². The lowest BCUT2D eigenvalue weighted by Crippen LogP contribution is -2.45. The molecule has 0 bridgehead atoms. The average Bonchev–Trinajstić information content (AvgIpc) is 3.41. The van der Waals surface area contributed by atoms with Crippen LogP contribution in [0.15, 0.2) is 54.6 Å². The van der Waals surface area contributed by atoms with Crippen molar-refractivity contribution >= 4 is 29.4 Å². The first kappa shape index (κ1) is 23.5. The first-order valence-corrected chi connectivity index (χ1v) is 11.7. The average molecular weight is 463 g/mol. The Morgan fingerprint density at radius 1 is 1.03 bits per heavy atom. The number of hydrogen-bond donors (Lipinski definition) is 3. The number of benzene rings is 2. The second-order valence-corrected chi connectivity index (χ2v) is 9.19. The Morgan fingerprint density at radius 3 is 2.44 bits per heavy atom. The van der Waals surface area contributed by atoms with Gasteiger partial charge in [-0.2, -0.15) is 0 Å². The Bertz CT molecular complexity index is 1080. The van der Waals surface area contributed by atoms with E-state index in [9.17, 15) is 19.2 Å². The minimum atomic E-state index is -1.08. The third kappa shape index (κ3) is 5.27. The van der Waals surface area contributed by atoms with Gasteiger partial charge >= 0.3 is 6.03 Å². The van der Waals surface area contributed by atoms with Gasteiger partial charge < -0.3 is 16.0 Å². The van der Waals surface area contributed by atoms with Gasteiger partial charge in [0.1, 0.15) is 12.1 Å². The molecule has 34 heavy (non-hydrogen) atoms. The summed E-state index contributed by atoms with van der Waals surface area (Å²) >= 11 is 0. The molecule has 0 radical (unpaired) electrons. The van der Waals surface area contributed by atoms with Crippen molar-refractivity contribution in [3.05, 3.63) is 65.7 Å². The molecule has 2 fully saturated rings. The van der Waals surface area contributed by atoms with Gasteiger partial charge in [-0.1, -0.05) is 55.3 Å². The number of nitrogens with zero attached hydrogens (tertiary/aromatic N) is 1. The van der Waals surface area contributed by atoms with E-state index in [2.05, 4.69) is 16.0 Å². The molecule has 8 nitrogen and oxygen atoms in total. The summed E-state index contributed by atoms with van der Waals surface area (Å²) in [6, 6.07) is 16.0. The Kier molecular flexibility index (Phi) is 6.95. The molecular formula is C26H30N4O4. The number of amides is 5. The van der Waals surface area contributed by atoms with Crippen molar-refractivity contribution in [1.29, 1.82) is 0 Å². The van der Waals surface area contributed by atoms with Crippen molar-refractivity contribution in [2.45, 2.75) is 57.0 Å². The predicted molar refractivity (Wildman–Crippen MR) is 128 cm³/mol. The highest BCUT2D eigenvalue weighted by Gasteiger charge is 2.47. The number of rotatable bonds is 8. The van der Waals surface area contributed by atoms with Crippen LogP contribution in [0.1, 0.15) is 54.9 Å². The van der Waals surface area contributed by atoms with Crippen molar-refractivity contribution in [2.24, 2.45) is 0 Å². The Labute approximate surface area is 199 Å². The number of imide groups is 1. The summed E-state index contributed by atoms with van der Waals surface area (Å²) in [6.07, 6.45) is 5.14. The molecule has 3 N–H and O–H groups in total. The van der Waals surface area contributed by atoms with Crippen LogP contribution < -0.4 is 16.0 Å². The van der Waals surface area contributed by atoms with Crippen molar-refractivity contribution < 1.29 is 19.2 Å². The lowest BCUT2D eigenvalue weighted by molar-refractivity contribution is -0.133. The second-order valence-electron chi connectivity index (χ2n) is 9.19. The molecule has 1 heterocycles. The number of carbonyl (C=O) groups excluding carboxylic acids is 4. The lowest BCUT2D eigenvalue weighted by atomic mass is 9.93. The monoisotopic (exact) mass is 462 g/mol. The molecular weight excluding hydrogens is 432 g/mol. The molecule has 1 aliphatic carbocycles. The Balaban J connectivity index is 1.38. The van der Waals surface area contributed by atoms with Crippen LogP contribution in [0.5, 0.6) is 0 Å². The molecule has 0 spiro atoms. The third-order valence-electron chi connectivity index (χ3n) is 6.54. The molecule has 2 aromatic carbocycles. The number of nitrogens with one attached hydrogen (secondary N) is 3. The van der Waals surface area contributed by atoms with Crippen molar-refractivity contribution in [3.8, 4) is 0 Å². The lowest BCUT2D eigenvalue weighted by Gasteiger charge is -2.21. The zero-order valence-electron chi connectivity index (χ0n) is 19.3. The van der Waals surface area contributed by atoms with Gasteiger partial charge in [0.15, 0.2) is 0 Å². The maximum atomic E-state index is 13.0. The molecule has 4 rings (SSSR count). The summed E-state index contributed by atoms with van der Waals surface area (Å²) in [4.78, 5) is 52.0. The predicted octanol–water partition coefficient (Wildman–Crippen LogP) is 3.24. The van der Waals surface area contributed by atoms with Crippen LogP contribution in [-0.4, -0.2) is 46.8 Å². The van der Waals surface area contributed by atoms with Gasteiger partial charge in [0, 0.05) is 6.04 Å². The molecule has 178 valence electrons. The fourth-order valence-corrected chi connectivity index (χ4v) is 4.56. The molecule has 2 aromatic rings. The van der Waals surface area contributed by atoms with E-state index in [1.165, 1.54) is 0 Å². The van der Waals surface area contributed by atoms with E-state index in [0.717, 1.165) is 36.1 Å². The minimum absolute atomic E-state index is 0.149. The van der Waals surface area contributed by atoms with E-state index in [1.807, 2.05) is 30.3 Å². The summed E-state index contributed by atoms with van der Waals surface area (Å²) in [7, 11) is 0. The highest BCUT2D eigenvalue weighted by atomic mass is 16.2. The summed E-state index contributed by atoms with van der Waals surface area (Å²) < 4.78 is 0. The smallest absolute Gasteiger partial charge is 0.325 e. The van der Waals surface area contributed by atoms with E-state index in [4.69, 9.17) is 0 Å². The minimum Gasteiger partial charge on any atom is -0.349 e. The zero-order valence-corrected chi connectivity index (χ0v) is 19.3. The summed E-state index contributed by atoms with van der Waals surface area (Å²) in [6.45, 7) is 1.25. The van der Waals surface area contributed by atoms with E-state index >= 15 is 0 Å². The number of para-hydroxylation sites is 1. The molecule has 1 atom stereocenters. The van der Waals surface area contributed by atoms with Crippen LogP contribution in [-0.2, 0) is 16.0 Å². The highest BCUT2D eigenvalue weighted by molar-refractivity contribution is 6.11. The number of hydrogen-bond acceptors (Lipinski definition) is 4. The molecule has 1 aliphatic heterocycles. The van der Waals surface area contributed by atoms with Crippen LogP contribution >= 0.6 is 0 Å². The fourth-order valence-electron chi connectivity index (χ4n) is 4.56. The van der Waals surface area contributed by atoms with Crippen LogP contribution in [0.2, 0.25) is 0 Å². The van der Waals surface area contributed by atoms with E-state index in [1.54, 1.807) is 31.2 Å². The Morgan fingerprint density at radius 2 is 1.71 bits per heavy atom. The van der Waals surface area contributed by atoms with E-state index in [-0.39, 0.29) is 11.9 Å².